The molecule has 2 aromatic carbocycles. The molecule has 30 heavy (non-hydrogen) atoms. The van der Waals surface area contributed by atoms with Gasteiger partial charge in [0.2, 0.25) is 5.91 Å². The fourth-order valence-corrected chi connectivity index (χ4v) is 3.99. The highest BCUT2D eigenvalue weighted by Gasteiger charge is 2.13. The molecule has 0 unspecified atom stereocenters. The quantitative estimate of drug-likeness (QED) is 0.554. The predicted octanol–water partition coefficient (Wildman–Crippen LogP) is 5.04. The summed E-state index contributed by atoms with van der Waals surface area (Å²) < 4.78 is 0. The van der Waals surface area contributed by atoms with Gasteiger partial charge in [-0.25, -0.2) is 4.98 Å². The number of hydrogen-bond acceptors (Lipinski definition) is 4. The summed E-state index contributed by atoms with van der Waals surface area (Å²) in [6.45, 7) is 7.39. The molecular formula is C24H27N3O2S. The lowest BCUT2D eigenvalue weighted by Crippen LogP contribution is -2.30. The maximum Gasteiger partial charge on any atom is 0.253 e. The van der Waals surface area contributed by atoms with Gasteiger partial charge in [-0.05, 0) is 50.1 Å². The normalized spacial score (nSPS) is 10.6. The number of aromatic nitrogens is 1. The summed E-state index contributed by atoms with van der Waals surface area (Å²) >= 11 is 1.54. The molecule has 2 amide bonds. The fourth-order valence-electron chi connectivity index (χ4n) is 3.16. The predicted molar refractivity (Wildman–Crippen MR) is 123 cm³/mol. The lowest BCUT2D eigenvalue weighted by molar-refractivity contribution is -0.115. The van der Waals surface area contributed by atoms with Crippen molar-refractivity contribution < 1.29 is 9.59 Å². The Hall–Kier alpha value is -2.99. The van der Waals surface area contributed by atoms with Crippen molar-refractivity contribution in [1.29, 1.82) is 0 Å². The van der Waals surface area contributed by atoms with Crippen LogP contribution in [0.3, 0.4) is 0 Å². The van der Waals surface area contributed by atoms with Crippen molar-refractivity contribution in [2.75, 3.05) is 18.4 Å². The van der Waals surface area contributed by atoms with Gasteiger partial charge in [-0.2, -0.15) is 0 Å². The summed E-state index contributed by atoms with van der Waals surface area (Å²) in [7, 11) is 0. The van der Waals surface area contributed by atoms with Crippen LogP contribution in [0.25, 0.3) is 10.6 Å². The molecular weight excluding hydrogens is 394 g/mol. The zero-order chi connectivity index (χ0) is 21.5. The number of carbonyl (C=O) groups excluding carboxylic acids is 2. The Morgan fingerprint density at radius 1 is 0.967 bits per heavy atom. The Morgan fingerprint density at radius 2 is 1.63 bits per heavy atom. The highest BCUT2D eigenvalue weighted by Crippen LogP contribution is 2.24. The number of thiazole rings is 1. The van der Waals surface area contributed by atoms with Crippen LogP contribution in [0.2, 0.25) is 0 Å². The van der Waals surface area contributed by atoms with Crippen LogP contribution in [-0.4, -0.2) is 34.8 Å². The molecule has 0 saturated heterocycles. The van der Waals surface area contributed by atoms with Crippen molar-refractivity contribution in [3.05, 3.63) is 70.7 Å². The maximum atomic E-state index is 12.4. The van der Waals surface area contributed by atoms with E-state index in [2.05, 4.69) is 41.5 Å². The van der Waals surface area contributed by atoms with Gasteiger partial charge in [0.15, 0.2) is 0 Å². The minimum atomic E-state index is -0.129. The molecule has 0 aliphatic carbocycles. The first-order chi connectivity index (χ1) is 14.5. The van der Waals surface area contributed by atoms with Gasteiger partial charge in [0.1, 0.15) is 5.01 Å². The zero-order valence-electron chi connectivity index (χ0n) is 17.6. The molecule has 0 bridgehead atoms. The molecule has 0 spiro atoms. The molecule has 0 saturated carbocycles. The molecule has 1 N–H and O–H groups in total. The van der Waals surface area contributed by atoms with E-state index in [-0.39, 0.29) is 18.2 Å². The number of aryl methyl sites for hydroxylation is 1. The smallest absolute Gasteiger partial charge is 0.253 e. The van der Waals surface area contributed by atoms with Crippen LogP contribution in [0.5, 0.6) is 0 Å². The summed E-state index contributed by atoms with van der Waals surface area (Å²) in [5, 5.41) is 5.72. The second-order valence-electron chi connectivity index (χ2n) is 6.97. The van der Waals surface area contributed by atoms with Gasteiger partial charge in [-0.3, -0.25) is 9.59 Å². The van der Waals surface area contributed by atoms with Crippen LogP contribution in [-0.2, 0) is 17.6 Å². The summed E-state index contributed by atoms with van der Waals surface area (Å²) in [6.07, 6.45) is 1.22. The number of carbonyl (C=O) groups is 2. The molecule has 0 aliphatic rings. The zero-order valence-corrected chi connectivity index (χ0v) is 18.5. The summed E-state index contributed by atoms with van der Waals surface area (Å²) in [5.41, 5.74) is 4.40. The first-order valence-corrected chi connectivity index (χ1v) is 11.1. The summed E-state index contributed by atoms with van der Waals surface area (Å²) in [4.78, 5) is 31.1. The Labute approximate surface area is 181 Å². The fraction of sp³-hybridized carbons (Fsp3) is 0.292. The highest BCUT2D eigenvalue weighted by atomic mass is 32.1. The van der Waals surface area contributed by atoms with E-state index < -0.39 is 0 Å². The number of anilines is 1. The molecule has 6 heteroatoms. The van der Waals surface area contributed by atoms with Crippen LogP contribution >= 0.6 is 11.3 Å². The second-order valence-corrected chi connectivity index (χ2v) is 7.83. The van der Waals surface area contributed by atoms with Crippen molar-refractivity contribution in [1.82, 2.24) is 9.88 Å². The van der Waals surface area contributed by atoms with Gasteiger partial charge in [0, 0.05) is 35.3 Å². The molecule has 3 rings (SSSR count). The lowest BCUT2D eigenvalue weighted by Gasteiger charge is -2.18. The molecule has 3 aromatic rings. The summed E-state index contributed by atoms with van der Waals surface area (Å²) in [6, 6.07) is 15.4. The Kier molecular flexibility index (Phi) is 7.36. The molecule has 0 radical (unpaired) electrons. The summed E-state index contributed by atoms with van der Waals surface area (Å²) in [5.74, 6) is -0.129. The topological polar surface area (TPSA) is 62.3 Å². The molecule has 0 aliphatic heterocycles. The van der Waals surface area contributed by atoms with Gasteiger partial charge < -0.3 is 10.2 Å². The highest BCUT2D eigenvalue weighted by molar-refractivity contribution is 7.13. The van der Waals surface area contributed by atoms with Crippen molar-refractivity contribution in [3.63, 3.8) is 0 Å². The van der Waals surface area contributed by atoms with Crippen LogP contribution in [0.4, 0.5) is 5.69 Å². The Balaban J connectivity index is 1.59. The number of nitrogens with one attached hydrogen (secondary N) is 1. The van der Waals surface area contributed by atoms with Crippen molar-refractivity contribution >= 4 is 28.8 Å². The van der Waals surface area contributed by atoms with Gasteiger partial charge in [0.25, 0.3) is 5.91 Å². The first-order valence-electron chi connectivity index (χ1n) is 10.3. The van der Waals surface area contributed by atoms with E-state index in [9.17, 15) is 9.59 Å². The van der Waals surface area contributed by atoms with Crippen LogP contribution in [0.15, 0.2) is 53.9 Å². The average Bonchev–Trinajstić information content (AvgIpc) is 3.23. The average molecular weight is 422 g/mol. The van der Waals surface area contributed by atoms with Gasteiger partial charge in [0.05, 0.1) is 12.1 Å². The van der Waals surface area contributed by atoms with Crippen LogP contribution < -0.4 is 5.32 Å². The number of benzene rings is 2. The standard InChI is InChI=1S/C24H27N3O2S/c1-4-17-7-9-18(10-8-17)23-26-21(16-30-23)15-22(28)25-20-13-11-19(12-14-20)24(29)27(5-2)6-3/h7-14,16H,4-6,15H2,1-3H3,(H,25,28). The van der Waals surface area contributed by atoms with E-state index in [1.165, 1.54) is 5.56 Å². The molecule has 0 fully saturated rings. The minimum absolute atomic E-state index is 0.000140. The monoisotopic (exact) mass is 421 g/mol. The third kappa shape index (κ3) is 5.33. The van der Waals surface area contributed by atoms with E-state index in [0.717, 1.165) is 22.7 Å². The van der Waals surface area contributed by atoms with E-state index in [0.29, 0.717) is 24.3 Å². The molecule has 1 aromatic heterocycles. The molecule has 0 atom stereocenters. The van der Waals surface area contributed by atoms with Crippen LogP contribution in [0, 0.1) is 0 Å². The Morgan fingerprint density at radius 3 is 2.23 bits per heavy atom. The van der Waals surface area contributed by atoms with E-state index in [1.54, 1.807) is 40.5 Å². The van der Waals surface area contributed by atoms with E-state index in [1.807, 2.05) is 19.2 Å². The minimum Gasteiger partial charge on any atom is -0.339 e. The number of rotatable bonds is 8. The van der Waals surface area contributed by atoms with Crippen molar-refractivity contribution in [2.24, 2.45) is 0 Å². The SMILES string of the molecule is CCc1ccc(-c2nc(CC(=O)Nc3ccc(C(=O)N(CC)CC)cc3)cs2)cc1. The van der Waals surface area contributed by atoms with Gasteiger partial charge in [-0.15, -0.1) is 11.3 Å². The first kappa shape index (κ1) is 21.7. The molecule has 156 valence electrons. The number of hydrogen-bond donors (Lipinski definition) is 1. The molecule has 5 nitrogen and oxygen atoms in total. The van der Waals surface area contributed by atoms with Gasteiger partial charge >= 0.3 is 0 Å². The number of nitrogens with zero attached hydrogens (tertiary/aromatic N) is 2. The van der Waals surface area contributed by atoms with Crippen LogP contribution in [0.1, 0.15) is 42.4 Å². The second kappa shape index (κ2) is 10.2. The van der Waals surface area contributed by atoms with Gasteiger partial charge in [-0.1, -0.05) is 31.2 Å². The third-order valence-electron chi connectivity index (χ3n) is 4.97. The lowest BCUT2D eigenvalue weighted by atomic mass is 10.1. The van der Waals surface area contributed by atoms with E-state index in [4.69, 9.17) is 0 Å². The molecule has 1 heterocycles. The number of amides is 2. The van der Waals surface area contributed by atoms with Crippen molar-refractivity contribution in [2.45, 2.75) is 33.6 Å². The third-order valence-corrected chi connectivity index (χ3v) is 5.91. The maximum absolute atomic E-state index is 12.4. The van der Waals surface area contributed by atoms with E-state index >= 15 is 0 Å². The largest absolute Gasteiger partial charge is 0.339 e. The van der Waals surface area contributed by atoms with Crippen molar-refractivity contribution in [3.8, 4) is 10.6 Å². The Bertz CT molecular complexity index is 990.